The molecule has 0 radical (unpaired) electrons. The Morgan fingerprint density at radius 1 is 0.337 bits per heavy atom. The number of hydrogen-bond acceptors (Lipinski definition) is 12. The second-order valence-electron chi connectivity index (χ2n) is 27.4. The summed E-state index contributed by atoms with van der Waals surface area (Å²) in [5.74, 6) is -5.75. The van der Waals surface area contributed by atoms with E-state index in [2.05, 4.69) is 42.5 Å². The third kappa shape index (κ3) is 22.6. The summed E-state index contributed by atoms with van der Waals surface area (Å²) >= 11 is 0. The fourth-order valence-electron chi connectivity index (χ4n) is 13.5. The average Bonchev–Trinajstić information content (AvgIpc) is 2.86. The summed E-state index contributed by atoms with van der Waals surface area (Å²) < 4.78 is 0. The number of hydrogen-bond donors (Lipinski definition) is 10. The Morgan fingerprint density at radius 2 is 0.616 bits per heavy atom. The highest BCUT2D eigenvalue weighted by Gasteiger charge is 2.44. The molecule has 3 aliphatic heterocycles. The molecule has 10 atom stereocenters. The zero-order valence-corrected chi connectivity index (χ0v) is 53.6. The number of nitrogens with two attached hydrogens (primary N) is 2. The van der Waals surface area contributed by atoms with E-state index in [0.717, 1.165) is 64.2 Å². The molecule has 0 aromatic rings. The highest BCUT2D eigenvalue weighted by atomic mass is 16.2. The van der Waals surface area contributed by atoms with E-state index in [1.807, 2.05) is 55.4 Å². The van der Waals surface area contributed by atoms with Gasteiger partial charge in [0.05, 0.1) is 0 Å². The Bertz CT molecular complexity index is 2080. The van der Waals surface area contributed by atoms with Gasteiger partial charge in [-0.3, -0.25) is 47.9 Å². The highest BCUT2D eigenvalue weighted by molar-refractivity contribution is 6.00. The summed E-state index contributed by atoms with van der Waals surface area (Å²) in [4.78, 5) is 151. The van der Waals surface area contributed by atoms with Crippen LogP contribution >= 0.6 is 0 Å². The smallest absolute Gasteiger partial charge is 0.245 e. The highest BCUT2D eigenvalue weighted by Crippen LogP contribution is 2.30. The molecule has 488 valence electrons. The van der Waals surface area contributed by atoms with Crippen LogP contribution in [0.25, 0.3) is 0 Å². The van der Waals surface area contributed by atoms with Crippen molar-refractivity contribution in [3.8, 4) is 0 Å². The van der Waals surface area contributed by atoms with Gasteiger partial charge in [0.1, 0.15) is 60.4 Å². The van der Waals surface area contributed by atoms with Gasteiger partial charge in [-0.25, -0.2) is 0 Å². The Morgan fingerprint density at radius 3 is 0.942 bits per heavy atom. The van der Waals surface area contributed by atoms with E-state index in [1.54, 1.807) is 0 Å². The molecule has 2 saturated carbocycles. The van der Waals surface area contributed by atoms with Crippen molar-refractivity contribution in [2.75, 3.05) is 26.2 Å². The third-order valence-corrected chi connectivity index (χ3v) is 18.0. The fraction of sp³-hybridized carbons (Fsp3) is 0.844. The number of nitrogens with zero attached hydrogens (tertiary/aromatic N) is 2. The molecule has 22 heteroatoms. The second kappa shape index (κ2) is 36.2. The minimum Gasteiger partial charge on any atom is -0.343 e. The van der Waals surface area contributed by atoms with Crippen LogP contribution in [-0.2, 0) is 47.9 Å². The molecule has 86 heavy (non-hydrogen) atoms. The Hall–Kier alpha value is -5.38. The van der Waals surface area contributed by atoms with Crippen molar-refractivity contribution < 1.29 is 47.9 Å². The van der Waals surface area contributed by atoms with Crippen molar-refractivity contribution in [1.29, 1.82) is 0 Å². The van der Waals surface area contributed by atoms with E-state index in [9.17, 15) is 47.9 Å². The number of carbonyl (C=O) groups excluding carboxylic acids is 10. The van der Waals surface area contributed by atoms with Crippen LogP contribution in [0.1, 0.15) is 222 Å². The maximum absolute atomic E-state index is 14.9. The van der Waals surface area contributed by atoms with E-state index < -0.39 is 119 Å². The molecule has 0 aromatic heterocycles. The van der Waals surface area contributed by atoms with Gasteiger partial charge in [0, 0.05) is 13.1 Å². The lowest BCUT2D eigenvalue weighted by Gasteiger charge is -2.33. The van der Waals surface area contributed by atoms with Gasteiger partial charge in [0.15, 0.2) is 0 Å². The molecule has 0 bridgehead atoms. The maximum atomic E-state index is 14.9. The quantitative estimate of drug-likeness (QED) is 0.0766. The van der Waals surface area contributed by atoms with Gasteiger partial charge in [-0.15, -0.1) is 0 Å². The zero-order chi connectivity index (χ0) is 63.0. The van der Waals surface area contributed by atoms with Gasteiger partial charge in [0.2, 0.25) is 59.1 Å². The van der Waals surface area contributed by atoms with Crippen LogP contribution in [-0.4, -0.2) is 155 Å². The summed E-state index contributed by atoms with van der Waals surface area (Å²) in [5.41, 5.74) is 11.8. The molecule has 0 spiro atoms. The van der Waals surface area contributed by atoms with Crippen molar-refractivity contribution >= 4 is 59.1 Å². The van der Waals surface area contributed by atoms with E-state index in [1.165, 1.54) is 9.80 Å². The first-order valence-corrected chi connectivity index (χ1v) is 33.4. The predicted octanol–water partition coefficient (Wildman–Crippen LogP) is 4.24. The largest absolute Gasteiger partial charge is 0.343 e. The number of nitrogens with one attached hydrogen (secondary N) is 8. The molecule has 5 fully saturated rings. The monoisotopic (exact) mass is 1210 g/mol. The van der Waals surface area contributed by atoms with Crippen LogP contribution < -0.4 is 54.0 Å². The van der Waals surface area contributed by atoms with Gasteiger partial charge in [0.25, 0.3) is 0 Å². The molecule has 0 aromatic carbocycles. The van der Waals surface area contributed by atoms with Crippen LogP contribution in [0.4, 0.5) is 0 Å². The van der Waals surface area contributed by atoms with Gasteiger partial charge in [-0.05, 0) is 151 Å². The first-order chi connectivity index (χ1) is 41.0. The third-order valence-electron chi connectivity index (χ3n) is 18.0. The number of amides is 10. The maximum Gasteiger partial charge on any atom is 0.245 e. The van der Waals surface area contributed by atoms with Crippen molar-refractivity contribution in [1.82, 2.24) is 52.3 Å². The first-order valence-electron chi connectivity index (χ1n) is 33.4. The molecule has 10 amide bonds. The van der Waals surface area contributed by atoms with E-state index in [4.69, 9.17) is 11.5 Å². The summed E-state index contributed by atoms with van der Waals surface area (Å²) in [6.07, 6.45) is 14.8. The van der Waals surface area contributed by atoms with Gasteiger partial charge in [-0.1, -0.05) is 120 Å². The van der Waals surface area contributed by atoms with Crippen molar-refractivity contribution in [3.63, 3.8) is 0 Å². The van der Waals surface area contributed by atoms with Crippen LogP contribution in [0.15, 0.2) is 0 Å². The van der Waals surface area contributed by atoms with Crippen LogP contribution in [0.3, 0.4) is 0 Å². The SMILES string of the molecule is CC(C)C[C@H]1NC(=O)[C@H](CC2CCCCC2)NC(=O)[C@@H]2CCCN2C(=O)[C@@H](CC(C)C)NC(=O)[C@@H](CCCCN)NC(=O)[C@@H](CC(C)C)NC(=O)[C@H](CC2CCCCC2)NC(=O)[C@@H]2CCCN2C(=O)[C@@H](CC(C)C)NC(=O)[C@@H](CCCCN)NC1=O. The molecule has 5 rings (SSSR count). The number of rotatable bonds is 20. The minimum absolute atomic E-state index is 0.0888. The lowest BCUT2D eigenvalue weighted by molar-refractivity contribution is -0.143. The molecule has 22 nitrogen and oxygen atoms in total. The first kappa shape index (κ1) is 71.4. The summed E-state index contributed by atoms with van der Waals surface area (Å²) in [6.45, 7) is 16.4. The Balaban J connectivity index is 1.59. The van der Waals surface area contributed by atoms with E-state index in [-0.39, 0.29) is 87.1 Å². The minimum atomic E-state index is -1.14. The number of unbranched alkanes of at least 4 members (excludes halogenated alkanes) is 2. The lowest BCUT2D eigenvalue weighted by Crippen LogP contribution is -2.61. The summed E-state index contributed by atoms with van der Waals surface area (Å²) in [7, 11) is 0. The van der Waals surface area contributed by atoms with Crippen LogP contribution in [0.2, 0.25) is 0 Å². The molecule has 3 saturated heterocycles. The second-order valence-corrected chi connectivity index (χ2v) is 27.4. The summed E-state index contributed by atoms with van der Waals surface area (Å²) in [6, 6.07) is -10.8. The molecule has 0 unspecified atom stereocenters. The van der Waals surface area contributed by atoms with Crippen LogP contribution in [0, 0.1) is 35.5 Å². The zero-order valence-electron chi connectivity index (χ0n) is 53.6. The summed E-state index contributed by atoms with van der Waals surface area (Å²) in [5, 5.41) is 23.8. The average molecular weight is 1210 g/mol. The molecule has 5 aliphatic rings. The number of fused-ring (bicyclic) bond motifs is 2. The molecular weight excluding hydrogens is 1100 g/mol. The predicted molar refractivity (Wildman–Crippen MR) is 331 cm³/mol. The molecule has 3 heterocycles. The standard InChI is InChI=1S/C64H112N12O10/c1-39(2)33-47-57(79)67-45(25-15-17-29-65)55(77)73-51(35-41(5)6)63(85)76-32-20-28-54(76)62(84)72-50(38-44-23-13-10-14-24-44)60(82)70-48(34-40(3)4)58(80)68-46(26-16-18-30-66)56(78)74-52(36-42(7)8)64(86)75-31-19-27-53(75)61(83)71-49(59(81)69-47)37-43-21-11-9-12-22-43/h39-54H,9-38,65-66H2,1-8H3,(H,67,79)(H,68,80)(H,69,81)(H,70,82)(H,71,83)(H,72,84)(H,73,77)(H,74,78)/t45-,46-,47-,48-,49+,50+,51-,52-,53+,54+/m1/s1. The van der Waals surface area contributed by atoms with E-state index in [0.29, 0.717) is 77.3 Å². The molecule has 2 aliphatic carbocycles. The molecule has 12 N–H and O–H groups in total. The van der Waals surface area contributed by atoms with Gasteiger partial charge < -0.3 is 63.8 Å². The Kier molecular flexibility index (Phi) is 30.0. The fourth-order valence-corrected chi connectivity index (χ4v) is 13.5. The van der Waals surface area contributed by atoms with Crippen molar-refractivity contribution in [3.05, 3.63) is 0 Å². The normalized spacial score (nSPS) is 28.6. The molecular formula is C64H112N12O10. The number of carbonyl (C=O) groups is 10. The van der Waals surface area contributed by atoms with Gasteiger partial charge >= 0.3 is 0 Å². The lowest BCUT2D eigenvalue weighted by atomic mass is 9.84. The van der Waals surface area contributed by atoms with E-state index >= 15 is 0 Å². The topological polar surface area (TPSA) is 325 Å². The van der Waals surface area contributed by atoms with Crippen molar-refractivity contribution in [2.24, 2.45) is 47.0 Å². The van der Waals surface area contributed by atoms with Crippen molar-refractivity contribution in [2.45, 2.75) is 283 Å². The Labute approximate surface area is 513 Å². The van der Waals surface area contributed by atoms with Crippen LogP contribution in [0.5, 0.6) is 0 Å². The van der Waals surface area contributed by atoms with Gasteiger partial charge in [-0.2, -0.15) is 0 Å².